The number of non-ortho nitro benzene ring substituents is 1. The first-order valence-corrected chi connectivity index (χ1v) is 6.61. The summed E-state index contributed by atoms with van der Waals surface area (Å²) < 4.78 is 0. The molecule has 0 aliphatic heterocycles. The number of halogens is 2. The van der Waals surface area contributed by atoms with E-state index in [9.17, 15) is 14.9 Å². The molecular weight excluding hydrogens is 315 g/mol. The highest BCUT2D eigenvalue weighted by molar-refractivity contribution is 6.35. The summed E-state index contributed by atoms with van der Waals surface area (Å²) in [6, 6.07) is 7.30. The van der Waals surface area contributed by atoms with Crippen molar-refractivity contribution in [2.75, 3.05) is 0 Å². The molecule has 0 saturated carbocycles. The average Bonchev–Trinajstić information content (AvgIpc) is 2.37. The number of nitrogens with zero attached hydrogens (tertiary/aromatic N) is 1. The van der Waals surface area contributed by atoms with E-state index in [1.54, 1.807) is 13.0 Å². The van der Waals surface area contributed by atoms with Gasteiger partial charge in [0.2, 0.25) is 5.91 Å². The number of hydrogen-bond donors (Lipinski definition) is 1. The lowest BCUT2D eigenvalue weighted by Gasteiger charge is -2.10. The third kappa shape index (κ3) is 2.99. The number of primary amides is 1. The molecule has 0 radical (unpaired) electrons. The number of carbonyl (C=O) groups is 1. The molecule has 2 aromatic rings. The molecule has 108 valence electrons. The molecule has 0 heterocycles. The van der Waals surface area contributed by atoms with Crippen molar-refractivity contribution in [1.82, 2.24) is 0 Å². The lowest BCUT2D eigenvalue weighted by molar-refractivity contribution is -0.384. The highest BCUT2D eigenvalue weighted by Crippen LogP contribution is 2.34. The van der Waals surface area contributed by atoms with E-state index in [0.29, 0.717) is 21.7 Å². The number of hydrogen-bond acceptors (Lipinski definition) is 3. The number of carbonyl (C=O) groups excluding carboxylic acids is 1. The van der Waals surface area contributed by atoms with Gasteiger partial charge >= 0.3 is 0 Å². The Kier molecular flexibility index (Phi) is 4.16. The van der Waals surface area contributed by atoms with E-state index in [-0.39, 0.29) is 16.3 Å². The number of aryl methyl sites for hydroxylation is 1. The van der Waals surface area contributed by atoms with Gasteiger partial charge in [0.15, 0.2) is 0 Å². The van der Waals surface area contributed by atoms with Crippen molar-refractivity contribution in [3.63, 3.8) is 0 Å². The Bertz CT molecular complexity index is 737. The van der Waals surface area contributed by atoms with Crippen LogP contribution in [0.2, 0.25) is 10.0 Å². The van der Waals surface area contributed by atoms with Gasteiger partial charge in [0, 0.05) is 22.7 Å². The normalized spacial score (nSPS) is 10.4. The molecule has 1 amide bonds. The van der Waals surface area contributed by atoms with Gasteiger partial charge in [0.1, 0.15) is 0 Å². The lowest BCUT2D eigenvalue weighted by atomic mass is 9.99. The van der Waals surface area contributed by atoms with Crippen LogP contribution < -0.4 is 5.73 Å². The van der Waals surface area contributed by atoms with Gasteiger partial charge < -0.3 is 5.73 Å². The maximum absolute atomic E-state index is 11.3. The summed E-state index contributed by atoms with van der Waals surface area (Å²) in [6.07, 6.45) is 0. The molecule has 0 fully saturated rings. The minimum atomic E-state index is -0.630. The Morgan fingerprint density at radius 2 is 1.86 bits per heavy atom. The van der Waals surface area contributed by atoms with E-state index in [1.165, 1.54) is 24.3 Å². The molecule has 21 heavy (non-hydrogen) atoms. The largest absolute Gasteiger partial charge is 0.366 e. The van der Waals surface area contributed by atoms with Gasteiger partial charge in [-0.25, -0.2) is 0 Å². The molecule has 0 bridgehead atoms. The topological polar surface area (TPSA) is 86.2 Å². The van der Waals surface area contributed by atoms with Crippen LogP contribution in [-0.2, 0) is 0 Å². The predicted molar refractivity (Wildman–Crippen MR) is 81.8 cm³/mol. The van der Waals surface area contributed by atoms with E-state index < -0.39 is 10.8 Å². The van der Waals surface area contributed by atoms with Crippen molar-refractivity contribution in [2.24, 2.45) is 5.73 Å². The summed E-state index contributed by atoms with van der Waals surface area (Å²) in [7, 11) is 0. The van der Waals surface area contributed by atoms with Crippen LogP contribution in [0.1, 0.15) is 15.9 Å². The van der Waals surface area contributed by atoms with Crippen LogP contribution in [0.5, 0.6) is 0 Å². The summed E-state index contributed by atoms with van der Waals surface area (Å²) in [6.45, 7) is 1.68. The number of nitro benzene ring substituents is 1. The molecule has 2 rings (SSSR count). The number of nitrogens with two attached hydrogens (primary N) is 1. The predicted octanol–water partition coefficient (Wildman–Crippen LogP) is 3.98. The molecule has 0 aliphatic rings. The first-order chi connectivity index (χ1) is 9.81. The fourth-order valence-electron chi connectivity index (χ4n) is 2.06. The first-order valence-electron chi connectivity index (χ1n) is 5.85. The molecular formula is C14H10Cl2N2O3. The molecule has 7 heteroatoms. The molecule has 0 aromatic heterocycles. The number of nitro groups is 1. The molecule has 5 nitrogen and oxygen atoms in total. The van der Waals surface area contributed by atoms with E-state index in [2.05, 4.69) is 0 Å². The van der Waals surface area contributed by atoms with Gasteiger partial charge in [-0.2, -0.15) is 0 Å². The number of benzene rings is 2. The maximum atomic E-state index is 11.3. The van der Waals surface area contributed by atoms with E-state index >= 15 is 0 Å². The zero-order valence-corrected chi connectivity index (χ0v) is 12.4. The molecule has 0 atom stereocenters. The number of rotatable bonds is 3. The second-order valence-electron chi connectivity index (χ2n) is 4.44. The van der Waals surface area contributed by atoms with Crippen molar-refractivity contribution in [1.29, 1.82) is 0 Å². The monoisotopic (exact) mass is 324 g/mol. The fourth-order valence-corrected chi connectivity index (χ4v) is 2.65. The Hall–Kier alpha value is -2.11. The number of amides is 1. The van der Waals surface area contributed by atoms with Crippen LogP contribution in [0.4, 0.5) is 5.69 Å². The van der Waals surface area contributed by atoms with Crippen molar-refractivity contribution in [2.45, 2.75) is 6.92 Å². The molecule has 2 aromatic carbocycles. The molecule has 0 spiro atoms. The van der Waals surface area contributed by atoms with E-state index in [1.807, 2.05) is 0 Å². The zero-order chi connectivity index (χ0) is 15.7. The molecule has 0 unspecified atom stereocenters. The summed E-state index contributed by atoms with van der Waals surface area (Å²) in [5.41, 5.74) is 7.02. The van der Waals surface area contributed by atoms with Crippen LogP contribution in [0.15, 0.2) is 30.3 Å². The Balaban J connectivity index is 2.65. The maximum Gasteiger partial charge on any atom is 0.270 e. The van der Waals surface area contributed by atoms with Crippen molar-refractivity contribution >= 4 is 34.8 Å². The van der Waals surface area contributed by atoms with Gasteiger partial charge in [-0.05, 0) is 30.2 Å². The minimum Gasteiger partial charge on any atom is -0.366 e. The first kappa shape index (κ1) is 15.3. The van der Waals surface area contributed by atoms with Crippen molar-refractivity contribution in [3.05, 3.63) is 61.6 Å². The van der Waals surface area contributed by atoms with Crippen molar-refractivity contribution in [3.8, 4) is 11.1 Å². The summed E-state index contributed by atoms with van der Waals surface area (Å²) in [4.78, 5) is 21.7. The van der Waals surface area contributed by atoms with Gasteiger partial charge in [0.05, 0.1) is 15.5 Å². The van der Waals surface area contributed by atoms with Crippen LogP contribution in [0.25, 0.3) is 11.1 Å². The van der Waals surface area contributed by atoms with E-state index in [0.717, 1.165) is 0 Å². The van der Waals surface area contributed by atoms with Crippen LogP contribution in [0, 0.1) is 17.0 Å². The highest BCUT2D eigenvalue weighted by Gasteiger charge is 2.16. The van der Waals surface area contributed by atoms with Gasteiger partial charge in [-0.15, -0.1) is 0 Å². The fraction of sp³-hybridized carbons (Fsp3) is 0.0714. The summed E-state index contributed by atoms with van der Waals surface area (Å²) in [5, 5.41) is 11.4. The second-order valence-corrected chi connectivity index (χ2v) is 5.25. The smallest absolute Gasteiger partial charge is 0.270 e. The van der Waals surface area contributed by atoms with Crippen LogP contribution in [0.3, 0.4) is 0 Å². The van der Waals surface area contributed by atoms with E-state index in [4.69, 9.17) is 28.9 Å². The minimum absolute atomic E-state index is 0.0813. The third-order valence-corrected chi connectivity index (χ3v) is 3.63. The third-order valence-electron chi connectivity index (χ3n) is 3.01. The average molecular weight is 325 g/mol. The van der Waals surface area contributed by atoms with Crippen molar-refractivity contribution < 1.29 is 9.72 Å². The zero-order valence-electron chi connectivity index (χ0n) is 10.9. The Labute approximate surface area is 130 Å². The van der Waals surface area contributed by atoms with Crippen LogP contribution in [-0.4, -0.2) is 10.8 Å². The van der Waals surface area contributed by atoms with Gasteiger partial charge in [0.25, 0.3) is 5.69 Å². The Morgan fingerprint density at radius 3 is 2.38 bits per heavy atom. The Morgan fingerprint density at radius 1 is 1.19 bits per heavy atom. The standard InChI is InChI=1S/C14H10Cl2N2O3/c1-7-4-8(5-12(16)13(7)14(17)19)10-6-9(18(20)21)2-3-11(10)15/h2-6H,1H3,(H2,17,19). The highest BCUT2D eigenvalue weighted by atomic mass is 35.5. The van der Waals surface area contributed by atoms with Gasteiger partial charge in [-0.1, -0.05) is 29.3 Å². The summed E-state index contributed by atoms with van der Waals surface area (Å²) >= 11 is 12.1. The van der Waals surface area contributed by atoms with Gasteiger partial charge in [-0.3, -0.25) is 14.9 Å². The molecule has 0 aliphatic carbocycles. The summed E-state index contributed by atoms with van der Waals surface area (Å²) in [5.74, 6) is -0.630. The SMILES string of the molecule is Cc1cc(-c2cc([N+](=O)[O-])ccc2Cl)cc(Cl)c1C(N)=O. The second kappa shape index (κ2) is 5.71. The lowest BCUT2D eigenvalue weighted by Crippen LogP contribution is -2.13. The molecule has 0 saturated heterocycles. The molecule has 2 N–H and O–H groups in total. The quantitative estimate of drug-likeness (QED) is 0.684. The van der Waals surface area contributed by atoms with Crippen LogP contribution >= 0.6 is 23.2 Å².